The average Bonchev–Trinajstić information content (AvgIpc) is 2.36. The van der Waals surface area contributed by atoms with Crippen LogP contribution in [0, 0.1) is 0 Å². The number of amides is 1. The third kappa shape index (κ3) is 3.19. The second kappa shape index (κ2) is 6.21. The summed E-state index contributed by atoms with van der Waals surface area (Å²) in [5.74, 6) is 0.117. The van der Waals surface area contributed by atoms with Gasteiger partial charge in [-0.05, 0) is 20.3 Å². The minimum Gasteiger partial charge on any atom is -0.372 e. The Kier molecular flexibility index (Phi) is 5.22. The number of ether oxygens (including phenoxy) is 1. The zero-order valence-electron chi connectivity index (χ0n) is 10.9. The van der Waals surface area contributed by atoms with Gasteiger partial charge in [0.05, 0.1) is 0 Å². The summed E-state index contributed by atoms with van der Waals surface area (Å²) in [5, 5.41) is 0. The highest BCUT2D eigenvalue weighted by Gasteiger charge is 2.25. The number of hydrogen-bond donors (Lipinski definition) is 0. The molecule has 0 N–H and O–H groups in total. The van der Waals surface area contributed by atoms with Crippen molar-refractivity contribution >= 4 is 5.91 Å². The topological polar surface area (TPSA) is 32.8 Å². The van der Waals surface area contributed by atoms with Crippen LogP contribution in [0.5, 0.6) is 0 Å². The molecule has 1 heterocycles. The monoisotopic (exact) mass is 228 g/mol. The molecule has 0 radical (unpaired) electrons. The Balaban J connectivity index is 2.40. The molecule has 0 aliphatic carbocycles. The van der Waals surface area contributed by atoms with E-state index >= 15 is 0 Å². The predicted octanol–water partition coefficient (Wildman–Crippen LogP) is 0.964. The molecule has 2 atom stereocenters. The van der Waals surface area contributed by atoms with Gasteiger partial charge in [-0.3, -0.25) is 9.69 Å². The largest absolute Gasteiger partial charge is 0.372 e. The van der Waals surface area contributed by atoms with E-state index in [-0.39, 0.29) is 12.0 Å². The van der Waals surface area contributed by atoms with Crippen LogP contribution in [-0.2, 0) is 9.53 Å². The number of piperazine rings is 1. The first kappa shape index (κ1) is 13.5. The van der Waals surface area contributed by atoms with Crippen LogP contribution >= 0.6 is 0 Å². The fraction of sp³-hybridized carbons (Fsp3) is 0.917. The highest BCUT2D eigenvalue weighted by atomic mass is 16.5. The summed E-state index contributed by atoms with van der Waals surface area (Å²) in [6.07, 6.45) is 0.859. The van der Waals surface area contributed by atoms with Crippen LogP contribution < -0.4 is 0 Å². The molecule has 0 aromatic heterocycles. The summed E-state index contributed by atoms with van der Waals surface area (Å²) in [7, 11) is 1.58. The molecule has 0 bridgehead atoms. The second-order valence-corrected chi connectivity index (χ2v) is 4.50. The Bertz CT molecular complexity index is 225. The molecule has 1 amide bonds. The van der Waals surface area contributed by atoms with Gasteiger partial charge >= 0.3 is 0 Å². The third-order valence-electron chi connectivity index (χ3n) is 3.54. The molecule has 1 saturated heterocycles. The van der Waals surface area contributed by atoms with E-state index in [4.69, 9.17) is 4.74 Å². The quantitative estimate of drug-likeness (QED) is 0.718. The van der Waals surface area contributed by atoms with Crippen LogP contribution in [0.15, 0.2) is 0 Å². The summed E-state index contributed by atoms with van der Waals surface area (Å²) in [6, 6.07) is 0.622. The van der Waals surface area contributed by atoms with Crippen LogP contribution in [0.2, 0.25) is 0 Å². The Morgan fingerprint density at radius 2 is 1.81 bits per heavy atom. The molecule has 2 unspecified atom stereocenters. The van der Waals surface area contributed by atoms with E-state index in [9.17, 15) is 4.79 Å². The minimum atomic E-state index is -0.310. The third-order valence-corrected chi connectivity index (χ3v) is 3.54. The lowest BCUT2D eigenvalue weighted by Gasteiger charge is -2.38. The lowest BCUT2D eigenvalue weighted by molar-refractivity contribution is -0.143. The lowest BCUT2D eigenvalue weighted by Crippen LogP contribution is -2.53. The maximum atomic E-state index is 11.9. The zero-order chi connectivity index (χ0) is 12.1. The molecule has 1 rings (SSSR count). The van der Waals surface area contributed by atoms with Gasteiger partial charge in [0.25, 0.3) is 5.91 Å². The summed E-state index contributed by atoms with van der Waals surface area (Å²) < 4.78 is 5.06. The van der Waals surface area contributed by atoms with Gasteiger partial charge in [0.1, 0.15) is 6.10 Å². The number of nitrogens with zero attached hydrogens (tertiary/aromatic N) is 2. The Hall–Kier alpha value is -0.610. The molecule has 94 valence electrons. The maximum Gasteiger partial charge on any atom is 0.251 e. The first-order chi connectivity index (χ1) is 7.60. The highest BCUT2D eigenvalue weighted by Crippen LogP contribution is 2.10. The van der Waals surface area contributed by atoms with Crippen LogP contribution in [0.1, 0.15) is 27.2 Å². The number of carbonyl (C=O) groups excluding carboxylic acids is 1. The Morgan fingerprint density at radius 1 is 1.25 bits per heavy atom. The van der Waals surface area contributed by atoms with E-state index in [1.54, 1.807) is 7.11 Å². The maximum absolute atomic E-state index is 11.9. The van der Waals surface area contributed by atoms with Crippen molar-refractivity contribution in [2.45, 2.75) is 39.3 Å². The molecule has 0 spiro atoms. The van der Waals surface area contributed by atoms with E-state index < -0.39 is 0 Å². The van der Waals surface area contributed by atoms with Crippen LogP contribution in [0.25, 0.3) is 0 Å². The zero-order valence-corrected chi connectivity index (χ0v) is 10.9. The minimum absolute atomic E-state index is 0.117. The van der Waals surface area contributed by atoms with Gasteiger partial charge < -0.3 is 9.64 Å². The Morgan fingerprint density at radius 3 is 2.25 bits per heavy atom. The summed E-state index contributed by atoms with van der Waals surface area (Å²) in [6.45, 7) is 9.88. The molecule has 1 fully saturated rings. The van der Waals surface area contributed by atoms with Crippen molar-refractivity contribution in [2.24, 2.45) is 0 Å². The van der Waals surface area contributed by atoms with E-state index in [0.717, 1.165) is 26.2 Å². The van der Waals surface area contributed by atoms with Gasteiger partial charge in [-0.15, -0.1) is 0 Å². The predicted molar refractivity (Wildman–Crippen MR) is 64.4 cm³/mol. The van der Waals surface area contributed by atoms with Gasteiger partial charge in [-0.1, -0.05) is 6.92 Å². The SMILES string of the molecule is CCC(C)N1CCN(C(=O)C(C)OC)CC1. The highest BCUT2D eigenvalue weighted by molar-refractivity contribution is 5.80. The average molecular weight is 228 g/mol. The van der Waals surface area contributed by atoms with Crippen molar-refractivity contribution in [3.8, 4) is 0 Å². The van der Waals surface area contributed by atoms with Crippen molar-refractivity contribution in [1.82, 2.24) is 9.80 Å². The van der Waals surface area contributed by atoms with Gasteiger partial charge in [-0.25, -0.2) is 0 Å². The molecule has 0 saturated carbocycles. The van der Waals surface area contributed by atoms with Crippen molar-refractivity contribution < 1.29 is 9.53 Å². The molecule has 0 aromatic carbocycles. The van der Waals surface area contributed by atoms with E-state index in [0.29, 0.717) is 6.04 Å². The molecule has 1 aliphatic rings. The van der Waals surface area contributed by atoms with Gasteiger partial charge in [0, 0.05) is 39.3 Å². The summed E-state index contributed by atoms with van der Waals surface area (Å²) in [4.78, 5) is 16.2. The van der Waals surface area contributed by atoms with Crippen LogP contribution in [-0.4, -0.2) is 61.1 Å². The molecule has 1 aliphatic heterocycles. The van der Waals surface area contributed by atoms with Crippen LogP contribution in [0.3, 0.4) is 0 Å². The van der Waals surface area contributed by atoms with Crippen molar-refractivity contribution in [3.63, 3.8) is 0 Å². The van der Waals surface area contributed by atoms with Gasteiger partial charge in [-0.2, -0.15) is 0 Å². The van der Waals surface area contributed by atoms with Crippen LogP contribution in [0.4, 0.5) is 0 Å². The second-order valence-electron chi connectivity index (χ2n) is 4.50. The molecule has 0 aromatic rings. The van der Waals surface area contributed by atoms with E-state index in [1.165, 1.54) is 6.42 Å². The van der Waals surface area contributed by atoms with Gasteiger partial charge in [0.15, 0.2) is 0 Å². The first-order valence-electron chi connectivity index (χ1n) is 6.15. The van der Waals surface area contributed by atoms with Crippen molar-refractivity contribution in [3.05, 3.63) is 0 Å². The Labute approximate surface area is 98.5 Å². The number of carbonyl (C=O) groups is 1. The van der Waals surface area contributed by atoms with E-state index in [1.807, 2.05) is 11.8 Å². The molecule has 4 heteroatoms. The van der Waals surface area contributed by atoms with Crippen molar-refractivity contribution in [2.75, 3.05) is 33.3 Å². The van der Waals surface area contributed by atoms with E-state index in [2.05, 4.69) is 18.7 Å². The molecular weight excluding hydrogens is 204 g/mol. The van der Waals surface area contributed by atoms with Crippen molar-refractivity contribution in [1.29, 1.82) is 0 Å². The molecule has 4 nitrogen and oxygen atoms in total. The summed E-state index contributed by atoms with van der Waals surface area (Å²) in [5.41, 5.74) is 0. The van der Waals surface area contributed by atoms with Gasteiger partial charge in [0.2, 0.25) is 0 Å². The molecule has 16 heavy (non-hydrogen) atoms. The molecular formula is C12H24N2O2. The number of methoxy groups -OCH3 is 1. The first-order valence-corrected chi connectivity index (χ1v) is 6.15. The lowest BCUT2D eigenvalue weighted by atomic mass is 10.2. The standard InChI is InChI=1S/C12H24N2O2/c1-5-10(2)13-6-8-14(9-7-13)12(15)11(3)16-4/h10-11H,5-9H2,1-4H3. The smallest absolute Gasteiger partial charge is 0.251 e. The fourth-order valence-corrected chi connectivity index (χ4v) is 2.00. The number of rotatable bonds is 4. The summed E-state index contributed by atoms with van der Waals surface area (Å²) >= 11 is 0. The number of hydrogen-bond acceptors (Lipinski definition) is 3. The normalized spacial score (nSPS) is 21.9. The fourth-order valence-electron chi connectivity index (χ4n) is 2.00.